The first-order chi connectivity index (χ1) is 11.8. The van der Waals surface area contributed by atoms with Crippen LogP contribution in [0.4, 0.5) is 0 Å². The fourth-order valence-electron chi connectivity index (χ4n) is 2.85. The van der Waals surface area contributed by atoms with Gasteiger partial charge in [0, 0.05) is 18.0 Å². The molecule has 3 heterocycles. The molecule has 6 heteroatoms. The topological polar surface area (TPSA) is 69.9 Å². The van der Waals surface area contributed by atoms with E-state index in [1.54, 1.807) is 4.68 Å². The SMILES string of the molecule is c1ccc2oc(-c3ccn(Cc4nc(CC5CC5)no4)n3)cc2c1. The molecule has 0 atom stereocenters. The molecule has 0 aliphatic heterocycles. The van der Waals surface area contributed by atoms with E-state index in [4.69, 9.17) is 8.94 Å². The molecule has 24 heavy (non-hydrogen) atoms. The lowest BCUT2D eigenvalue weighted by Gasteiger charge is -1.95. The van der Waals surface area contributed by atoms with E-state index < -0.39 is 0 Å². The summed E-state index contributed by atoms with van der Waals surface area (Å²) < 4.78 is 12.9. The molecular formula is C18H16N4O2. The standard InChI is InChI=1S/C18H16N4O2/c1-2-4-15-13(3-1)10-16(23-15)14-7-8-22(20-14)11-18-19-17(21-24-18)9-12-5-6-12/h1-4,7-8,10,12H,5-6,9,11H2. The number of hydrogen-bond donors (Lipinski definition) is 0. The van der Waals surface area contributed by atoms with Crippen LogP contribution in [0.2, 0.25) is 0 Å². The Labute approximate surface area is 138 Å². The minimum Gasteiger partial charge on any atom is -0.454 e. The van der Waals surface area contributed by atoms with Crippen molar-refractivity contribution in [3.63, 3.8) is 0 Å². The van der Waals surface area contributed by atoms with Gasteiger partial charge in [0.05, 0.1) is 0 Å². The van der Waals surface area contributed by atoms with Crippen molar-refractivity contribution in [1.29, 1.82) is 0 Å². The zero-order valence-electron chi connectivity index (χ0n) is 13.1. The maximum atomic E-state index is 5.85. The molecule has 5 rings (SSSR count). The highest BCUT2D eigenvalue weighted by Gasteiger charge is 2.24. The van der Waals surface area contributed by atoms with Crippen LogP contribution in [0.15, 0.2) is 51.5 Å². The average molecular weight is 320 g/mol. The van der Waals surface area contributed by atoms with Crippen LogP contribution in [0.25, 0.3) is 22.4 Å². The molecular weight excluding hydrogens is 304 g/mol. The third-order valence-corrected chi connectivity index (χ3v) is 4.29. The molecule has 1 aromatic carbocycles. The van der Waals surface area contributed by atoms with Gasteiger partial charge in [0.2, 0.25) is 5.89 Å². The Balaban J connectivity index is 1.35. The van der Waals surface area contributed by atoms with Gasteiger partial charge in [-0.05, 0) is 37.0 Å². The van der Waals surface area contributed by atoms with Crippen molar-refractivity contribution in [2.24, 2.45) is 5.92 Å². The Morgan fingerprint density at radius 2 is 2.08 bits per heavy atom. The first-order valence-electron chi connectivity index (χ1n) is 8.17. The van der Waals surface area contributed by atoms with Gasteiger partial charge in [-0.3, -0.25) is 4.68 Å². The van der Waals surface area contributed by atoms with E-state index in [1.807, 2.05) is 42.6 Å². The van der Waals surface area contributed by atoms with Crippen LogP contribution in [-0.4, -0.2) is 19.9 Å². The van der Waals surface area contributed by atoms with Crippen LogP contribution in [0.1, 0.15) is 24.6 Å². The van der Waals surface area contributed by atoms with Crippen LogP contribution in [0.5, 0.6) is 0 Å². The molecule has 6 nitrogen and oxygen atoms in total. The van der Waals surface area contributed by atoms with Crippen LogP contribution >= 0.6 is 0 Å². The molecule has 0 spiro atoms. The lowest BCUT2D eigenvalue weighted by Crippen LogP contribution is -2.01. The Kier molecular flexibility index (Phi) is 3.01. The second kappa shape index (κ2) is 5.33. The minimum atomic E-state index is 0.470. The molecule has 0 N–H and O–H groups in total. The Morgan fingerprint density at radius 3 is 2.96 bits per heavy atom. The molecule has 0 radical (unpaired) electrons. The maximum absolute atomic E-state index is 5.85. The molecule has 0 unspecified atom stereocenters. The maximum Gasteiger partial charge on any atom is 0.248 e. The predicted molar refractivity (Wildman–Crippen MR) is 87.3 cm³/mol. The van der Waals surface area contributed by atoms with Gasteiger partial charge in [-0.2, -0.15) is 10.1 Å². The molecule has 0 bridgehead atoms. The zero-order valence-corrected chi connectivity index (χ0v) is 13.1. The molecule has 1 aliphatic rings. The van der Waals surface area contributed by atoms with Gasteiger partial charge in [-0.25, -0.2) is 0 Å². The molecule has 1 saturated carbocycles. The van der Waals surface area contributed by atoms with Gasteiger partial charge in [0.25, 0.3) is 0 Å². The van der Waals surface area contributed by atoms with Crippen LogP contribution < -0.4 is 0 Å². The van der Waals surface area contributed by atoms with Crippen LogP contribution in [0.3, 0.4) is 0 Å². The molecule has 4 aromatic rings. The summed E-state index contributed by atoms with van der Waals surface area (Å²) in [5.74, 6) is 2.90. The van der Waals surface area contributed by atoms with Crippen molar-refractivity contribution in [2.45, 2.75) is 25.8 Å². The summed E-state index contributed by atoms with van der Waals surface area (Å²) in [4.78, 5) is 4.44. The van der Waals surface area contributed by atoms with Crippen molar-refractivity contribution >= 4 is 11.0 Å². The van der Waals surface area contributed by atoms with Crippen LogP contribution in [0, 0.1) is 5.92 Å². The lowest BCUT2D eigenvalue weighted by atomic mass is 10.2. The Hall–Kier alpha value is -2.89. The fraction of sp³-hybridized carbons (Fsp3) is 0.278. The average Bonchev–Trinajstić information content (AvgIpc) is 3.01. The first kappa shape index (κ1) is 13.5. The quantitative estimate of drug-likeness (QED) is 0.561. The third kappa shape index (κ3) is 2.60. The van der Waals surface area contributed by atoms with Gasteiger partial charge in [-0.1, -0.05) is 23.4 Å². The molecule has 0 amide bonds. The van der Waals surface area contributed by atoms with Crippen molar-refractivity contribution in [3.8, 4) is 11.5 Å². The van der Waals surface area contributed by atoms with Gasteiger partial charge in [-0.15, -0.1) is 0 Å². The van der Waals surface area contributed by atoms with Gasteiger partial charge in [0.15, 0.2) is 11.6 Å². The predicted octanol–water partition coefficient (Wildman–Crippen LogP) is 3.68. The summed E-state index contributed by atoms with van der Waals surface area (Å²) in [5.41, 5.74) is 1.66. The van der Waals surface area contributed by atoms with Crippen LogP contribution in [-0.2, 0) is 13.0 Å². The number of para-hydroxylation sites is 1. The number of aromatic nitrogens is 4. The molecule has 1 fully saturated rings. The highest BCUT2D eigenvalue weighted by Crippen LogP contribution is 2.31. The van der Waals surface area contributed by atoms with E-state index in [0.29, 0.717) is 12.4 Å². The lowest BCUT2D eigenvalue weighted by molar-refractivity contribution is 0.360. The van der Waals surface area contributed by atoms with Crippen molar-refractivity contribution < 1.29 is 8.94 Å². The van der Waals surface area contributed by atoms with E-state index in [1.165, 1.54) is 12.8 Å². The smallest absolute Gasteiger partial charge is 0.248 e. The second-order valence-corrected chi connectivity index (χ2v) is 6.30. The normalized spacial score (nSPS) is 14.5. The van der Waals surface area contributed by atoms with E-state index in [2.05, 4.69) is 15.2 Å². The molecule has 1 aliphatic carbocycles. The minimum absolute atomic E-state index is 0.470. The summed E-state index contributed by atoms with van der Waals surface area (Å²) >= 11 is 0. The molecule has 120 valence electrons. The monoisotopic (exact) mass is 320 g/mol. The number of hydrogen-bond acceptors (Lipinski definition) is 5. The zero-order chi connectivity index (χ0) is 15.9. The van der Waals surface area contributed by atoms with Gasteiger partial charge >= 0.3 is 0 Å². The largest absolute Gasteiger partial charge is 0.454 e. The number of nitrogens with zero attached hydrogens (tertiary/aromatic N) is 4. The molecule has 0 saturated heterocycles. The number of fused-ring (bicyclic) bond motifs is 1. The highest BCUT2D eigenvalue weighted by molar-refractivity contribution is 5.81. The number of rotatable bonds is 5. The summed E-state index contributed by atoms with van der Waals surface area (Å²) in [7, 11) is 0. The summed E-state index contributed by atoms with van der Waals surface area (Å²) in [6.07, 6.45) is 5.38. The van der Waals surface area contributed by atoms with Gasteiger partial charge < -0.3 is 8.94 Å². The van der Waals surface area contributed by atoms with Crippen molar-refractivity contribution in [2.75, 3.05) is 0 Å². The van der Waals surface area contributed by atoms with Crippen molar-refractivity contribution in [3.05, 3.63) is 54.3 Å². The summed E-state index contributed by atoms with van der Waals surface area (Å²) in [5, 5.41) is 9.66. The van der Waals surface area contributed by atoms with E-state index in [-0.39, 0.29) is 0 Å². The van der Waals surface area contributed by atoms with E-state index >= 15 is 0 Å². The summed E-state index contributed by atoms with van der Waals surface area (Å²) in [6.45, 7) is 0.470. The Morgan fingerprint density at radius 1 is 1.17 bits per heavy atom. The fourth-order valence-corrected chi connectivity index (χ4v) is 2.85. The van der Waals surface area contributed by atoms with Crippen molar-refractivity contribution in [1.82, 2.24) is 19.9 Å². The highest BCUT2D eigenvalue weighted by atomic mass is 16.5. The van der Waals surface area contributed by atoms with E-state index in [0.717, 1.165) is 40.6 Å². The Bertz CT molecular complexity index is 960. The number of furan rings is 1. The second-order valence-electron chi connectivity index (χ2n) is 6.30. The number of benzene rings is 1. The van der Waals surface area contributed by atoms with E-state index in [9.17, 15) is 0 Å². The first-order valence-corrected chi connectivity index (χ1v) is 8.17. The summed E-state index contributed by atoms with van der Waals surface area (Å²) in [6, 6.07) is 11.9. The third-order valence-electron chi connectivity index (χ3n) is 4.29. The molecule has 3 aromatic heterocycles. The van der Waals surface area contributed by atoms with Gasteiger partial charge in [0.1, 0.15) is 17.8 Å².